The second kappa shape index (κ2) is 7.62. The van der Waals surface area contributed by atoms with Crippen LogP contribution in [0.1, 0.15) is 60.8 Å². The van der Waals surface area contributed by atoms with Crippen LogP contribution in [0.2, 0.25) is 0 Å². The van der Waals surface area contributed by atoms with Gasteiger partial charge in [-0.1, -0.05) is 0 Å². The van der Waals surface area contributed by atoms with Gasteiger partial charge in [-0.15, -0.1) is 5.17 Å². The monoisotopic (exact) mass is 350 g/mol. The van der Waals surface area contributed by atoms with Crippen LogP contribution < -0.4 is 0 Å². The van der Waals surface area contributed by atoms with Gasteiger partial charge < -0.3 is 9.05 Å². The van der Waals surface area contributed by atoms with Gasteiger partial charge in [-0.25, -0.2) is 0 Å². The summed E-state index contributed by atoms with van der Waals surface area (Å²) in [6, 6.07) is 0. The number of piperidine rings is 1. The maximum atomic E-state index is 12.5. The van der Waals surface area contributed by atoms with Gasteiger partial charge in [-0.2, -0.15) is 5.01 Å². The number of hydroxylamine groups is 1. The maximum absolute atomic E-state index is 12.5. The third kappa shape index (κ3) is 5.00. The van der Waals surface area contributed by atoms with Crippen molar-refractivity contribution in [3.63, 3.8) is 0 Å². The number of carbonyl (C=O) groups excluding carboxylic acids is 1. The SMILES string of the molecule is CCOP(=O)(CC(=O)N(O)N1C(C)(C)CCCC1(C)C)OCC. The maximum Gasteiger partial charge on any atom is 0.340 e. The summed E-state index contributed by atoms with van der Waals surface area (Å²) in [5.41, 5.74) is -0.763. The van der Waals surface area contributed by atoms with E-state index in [-0.39, 0.29) is 24.3 Å². The van der Waals surface area contributed by atoms with Gasteiger partial charge in [0.05, 0.1) is 13.2 Å². The largest absolute Gasteiger partial charge is 0.340 e. The molecule has 1 aliphatic rings. The molecule has 0 unspecified atom stereocenters. The summed E-state index contributed by atoms with van der Waals surface area (Å²) in [5.74, 6) is -0.682. The molecule has 1 N–H and O–H groups in total. The average Bonchev–Trinajstić information content (AvgIpc) is 2.36. The fraction of sp³-hybridized carbons (Fsp3) is 0.933. The number of amides is 1. The van der Waals surface area contributed by atoms with Crippen molar-refractivity contribution in [1.29, 1.82) is 0 Å². The van der Waals surface area contributed by atoms with E-state index in [0.717, 1.165) is 19.3 Å². The number of hydrazine groups is 1. The highest BCUT2D eigenvalue weighted by molar-refractivity contribution is 7.54. The van der Waals surface area contributed by atoms with Crippen LogP contribution >= 0.6 is 7.60 Å². The van der Waals surface area contributed by atoms with E-state index in [4.69, 9.17) is 9.05 Å². The molecule has 7 nitrogen and oxygen atoms in total. The van der Waals surface area contributed by atoms with Crippen LogP contribution in [0.15, 0.2) is 0 Å². The second-order valence-corrected chi connectivity index (χ2v) is 9.13. The first kappa shape index (κ1) is 20.6. The molecule has 1 amide bonds. The highest BCUT2D eigenvalue weighted by Crippen LogP contribution is 2.48. The van der Waals surface area contributed by atoms with Gasteiger partial charge in [-0.3, -0.25) is 14.6 Å². The molecule has 0 aromatic heterocycles. The Morgan fingerprint density at radius 1 is 1.13 bits per heavy atom. The molecule has 136 valence electrons. The summed E-state index contributed by atoms with van der Waals surface area (Å²) in [4.78, 5) is 12.5. The van der Waals surface area contributed by atoms with Crippen molar-refractivity contribution in [3.8, 4) is 0 Å². The molecular weight excluding hydrogens is 319 g/mol. The molecule has 0 aromatic carbocycles. The third-order valence-electron chi connectivity index (χ3n) is 4.12. The lowest BCUT2D eigenvalue weighted by molar-refractivity contribution is -0.300. The van der Waals surface area contributed by atoms with E-state index in [1.54, 1.807) is 18.9 Å². The zero-order valence-electron chi connectivity index (χ0n) is 15.2. The van der Waals surface area contributed by atoms with Crippen LogP contribution in [-0.2, 0) is 18.4 Å². The Balaban J connectivity index is 2.95. The third-order valence-corrected chi connectivity index (χ3v) is 6.08. The van der Waals surface area contributed by atoms with E-state index in [2.05, 4.69) is 0 Å². The van der Waals surface area contributed by atoms with Gasteiger partial charge in [0.25, 0.3) is 5.91 Å². The highest BCUT2D eigenvalue weighted by atomic mass is 31.2. The summed E-state index contributed by atoms with van der Waals surface area (Å²) in [6.45, 7) is 11.6. The van der Waals surface area contributed by atoms with E-state index in [1.165, 1.54) is 0 Å². The molecule has 1 saturated heterocycles. The Hall–Kier alpha value is -0.460. The van der Waals surface area contributed by atoms with Gasteiger partial charge >= 0.3 is 7.60 Å². The van der Waals surface area contributed by atoms with Crippen molar-refractivity contribution in [3.05, 3.63) is 0 Å². The molecular formula is C15H31N2O5P. The minimum absolute atomic E-state index is 0.177. The van der Waals surface area contributed by atoms with Gasteiger partial charge in [0.1, 0.15) is 6.16 Å². The predicted octanol–water partition coefficient (Wildman–Crippen LogP) is 3.43. The molecule has 1 aliphatic heterocycles. The van der Waals surface area contributed by atoms with E-state index in [1.807, 2.05) is 27.7 Å². The minimum Gasteiger partial charge on any atom is -0.309 e. The summed E-state index contributed by atoms with van der Waals surface area (Å²) >= 11 is 0. The molecule has 0 radical (unpaired) electrons. The smallest absolute Gasteiger partial charge is 0.309 e. The Bertz CT molecular complexity index is 441. The molecule has 0 aromatic rings. The van der Waals surface area contributed by atoms with Crippen molar-refractivity contribution in [2.75, 3.05) is 19.4 Å². The topological polar surface area (TPSA) is 79.3 Å². The standard InChI is InChI=1S/C15H31N2O5P/c1-7-21-23(20,22-8-2)12-13(18)16(19)17-14(3,4)10-9-11-15(17,5)6/h19H,7-12H2,1-6H3. The quantitative estimate of drug-likeness (QED) is 0.430. The van der Waals surface area contributed by atoms with E-state index < -0.39 is 19.7 Å². The van der Waals surface area contributed by atoms with E-state index in [9.17, 15) is 14.6 Å². The van der Waals surface area contributed by atoms with Crippen molar-refractivity contribution in [2.45, 2.75) is 71.9 Å². The summed E-state index contributed by atoms with van der Waals surface area (Å²) in [6.07, 6.45) is 2.26. The van der Waals surface area contributed by atoms with Crippen LogP contribution in [-0.4, -0.2) is 51.7 Å². The normalized spacial score (nSPS) is 21.2. The molecule has 0 atom stereocenters. The first-order valence-corrected chi connectivity index (χ1v) is 9.92. The van der Waals surface area contributed by atoms with Crippen molar-refractivity contribution >= 4 is 13.5 Å². The number of hydrogen-bond donors (Lipinski definition) is 1. The number of hydrogen-bond acceptors (Lipinski definition) is 6. The average molecular weight is 350 g/mol. The Kier molecular flexibility index (Phi) is 6.82. The molecule has 23 heavy (non-hydrogen) atoms. The molecule has 8 heteroatoms. The number of carbonyl (C=O) groups is 1. The predicted molar refractivity (Wildman–Crippen MR) is 88.2 cm³/mol. The van der Waals surface area contributed by atoms with E-state index in [0.29, 0.717) is 5.17 Å². The minimum atomic E-state index is -3.54. The van der Waals surface area contributed by atoms with Gasteiger partial charge in [-0.05, 0) is 60.8 Å². The number of nitrogens with zero attached hydrogens (tertiary/aromatic N) is 2. The first-order valence-electron chi connectivity index (χ1n) is 8.19. The molecule has 0 spiro atoms. The summed E-state index contributed by atoms with van der Waals surface area (Å²) in [7, 11) is -3.54. The zero-order chi connectivity index (χ0) is 17.9. The lowest BCUT2D eigenvalue weighted by Crippen LogP contribution is -2.66. The van der Waals surface area contributed by atoms with Crippen molar-refractivity contribution < 1.29 is 23.6 Å². The Labute approximate surface area is 139 Å². The fourth-order valence-corrected chi connectivity index (χ4v) is 4.86. The molecule has 1 rings (SSSR count). The van der Waals surface area contributed by atoms with E-state index >= 15 is 0 Å². The van der Waals surface area contributed by atoms with Gasteiger partial charge in [0.15, 0.2) is 0 Å². The lowest BCUT2D eigenvalue weighted by Gasteiger charge is -2.54. The Morgan fingerprint density at radius 2 is 1.57 bits per heavy atom. The first-order chi connectivity index (χ1) is 10.5. The molecule has 1 fully saturated rings. The molecule has 0 aliphatic carbocycles. The van der Waals surface area contributed by atoms with Gasteiger partial charge in [0, 0.05) is 11.1 Å². The zero-order valence-corrected chi connectivity index (χ0v) is 16.1. The molecule has 0 bridgehead atoms. The fourth-order valence-electron chi connectivity index (χ4n) is 3.36. The number of rotatable bonds is 7. The molecule has 1 heterocycles. The van der Waals surface area contributed by atoms with Crippen molar-refractivity contribution in [2.24, 2.45) is 0 Å². The van der Waals surface area contributed by atoms with Crippen LogP contribution in [0.5, 0.6) is 0 Å². The van der Waals surface area contributed by atoms with Crippen LogP contribution in [0, 0.1) is 0 Å². The summed E-state index contributed by atoms with van der Waals surface area (Å²) < 4.78 is 22.8. The highest BCUT2D eigenvalue weighted by Gasteiger charge is 2.47. The van der Waals surface area contributed by atoms with Crippen LogP contribution in [0.4, 0.5) is 0 Å². The van der Waals surface area contributed by atoms with Crippen LogP contribution in [0.25, 0.3) is 0 Å². The summed E-state index contributed by atoms with van der Waals surface area (Å²) in [5, 5.41) is 12.8. The lowest BCUT2D eigenvalue weighted by atomic mass is 9.81. The van der Waals surface area contributed by atoms with Gasteiger partial charge in [0.2, 0.25) is 0 Å². The van der Waals surface area contributed by atoms with Crippen LogP contribution in [0.3, 0.4) is 0 Å². The Morgan fingerprint density at radius 3 is 1.96 bits per heavy atom. The second-order valence-electron chi connectivity index (χ2n) is 7.08. The van der Waals surface area contributed by atoms with Crippen molar-refractivity contribution in [1.82, 2.24) is 10.2 Å². The molecule has 0 saturated carbocycles.